The number of amidine groups is 1. The summed E-state index contributed by atoms with van der Waals surface area (Å²) >= 11 is 0. The van der Waals surface area contributed by atoms with Crippen LogP contribution in [0.1, 0.15) is 19.4 Å². The Balaban J connectivity index is 2.16. The first-order valence-electron chi connectivity index (χ1n) is 10.4. The van der Waals surface area contributed by atoms with Crippen LogP contribution < -0.4 is 15.4 Å². The minimum absolute atomic E-state index is 0.126. The number of aliphatic imine (C=N–C) groups is 1. The molecule has 0 bridgehead atoms. The zero-order valence-electron chi connectivity index (χ0n) is 18.5. The predicted octanol–water partition coefficient (Wildman–Crippen LogP) is 1.76. The van der Waals surface area contributed by atoms with Crippen LogP contribution in [0.2, 0.25) is 0 Å². The normalized spacial score (nSPS) is 15.2. The summed E-state index contributed by atoms with van der Waals surface area (Å²) < 4.78 is 28.1. The van der Waals surface area contributed by atoms with Crippen molar-refractivity contribution < 1.29 is 18.2 Å². The number of nitrogens with two attached hydrogens (primary N) is 1. The van der Waals surface area contributed by atoms with E-state index in [0.29, 0.717) is 22.8 Å². The summed E-state index contributed by atoms with van der Waals surface area (Å²) in [6, 6.07) is 14.9. The van der Waals surface area contributed by atoms with Gasteiger partial charge in [0.05, 0.1) is 24.2 Å². The third-order valence-electron chi connectivity index (χ3n) is 4.96. The van der Waals surface area contributed by atoms with E-state index in [1.165, 1.54) is 4.68 Å². The molecule has 170 valence electrons. The molecule has 0 aromatic heterocycles. The van der Waals surface area contributed by atoms with Crippen LogP contribution in [0.15, 0.2) is 58.6 Å². The summed E-state index contributed by atoms with van der Waals surface area (Å²) in [6.07, 6.45) is 1.10. The zero-order valence-corrected chi connectivity index (χ0v) is 19.3. The molecule has 0 saturated heterocycles. The Bertz CT molecular complexity index is 1170. The lowest BCUT2D eigenvalue weighted by molar-refractivity contribution is -0.532. The van der Waals surface area contributed by atoms with Crippen molar-refractivity contribution in [3.8, 4) is 0 Å². The van der Waals surface area contributed by atoms with Gasteiger partial charge in [-0.2, -0.15) is 0 Å². The van der Waals surface area contributed by atoms with E-state index in [9.17, 15) is 13.5 Å². The highest BCUT2D eigenvalue weighted by Crippen LogP contribution is 2.31. The molecule has 0 saturated carbocycles. The van der Waals surface area contributed by atoms with Crippen molar-refractivity contribution in [1.29, 1.82) is 0 Å². The zero-order chi connectivity index (χ0) is 23.3. The van der Waals surface area contributed by atoms with Crippen LogP contribution in [0.25, 0.3) is 0 Å². The number of aliphatic hydroxyl groups is 1. The number of rotatable bonds is 9. The molecular formula is C22H29N6O3S+. The molecule has 0 atom stereocenters. The fourth-order valence-corrected chi connectivity index (χ4v) is 4.00. The second-order valence-corrected chi connectivity index (χ2v) is 9.00. The van der Waals surface area contributed by atoms with Gasteiger partial charge in [0.25, 0.3) is 0 Å². The van der Waals surface area contributed by atoms with E-state index in [1.807, 2.05) is 50.2 Å². The average Bonchev–Trinajstić information content (AvgIpc) is 3.06. The molecule has 3 rings (SSSR count). The SMILES string of the molecule is CCN(CC)c1ccc(N=C2C(c3ccccc3)=N[N+](CCO)=C2N)c(NS(C)(=O)=O)c1. The first-order chi connectivity index (χ1) is 15.3. The topological polar surface area (TPSA) is 123 Å². The summed E-state index contributed by atoms with van der Waals surface area (Å²) in [5.74, 6) is 0.288. The van der Waals surface area contributed by atoms with Crippen molar-refractivity contribution >= 4 is 44.3 Å². The number of hydrazone groups is 1. The predicted molar refractivity (Wildman–Crippen MR) is 130 cm³/mol. The summed E-state index contributed by atoms with van der Waals surface area (Å²) in [5, 5.41) is 13.9. The number of sulfonamides is 1. The Morgan fingerprint density at radius 2 is 1.84 bits per heavy atom. The first-order valence-corrected chi connectivity index (χ1v) is 12.3. The molecule has 0 spiro atoms. The Labute approximate surface area is 188 Å². The number of hydrogen-bond donors (Lipinski definition) is 3. The van der Waals surface area contributed by atoms with Crippen molar-refractivity contribution in [3.63, 3.8) is 0 Å². The molecular weight excluding hydrogens is 428 g/mol. The largest absolute Gasteiger partial charge is 0.392 e. The van der Waals surface area contributed by atoms with Gasteiger partial charge in [-0.15, -0.1) is 4.68 Å². The van der Waals surface area contributed by atoms with Gasteiger partial charge < -0.3 is 10.0 Å². The van der Waals surface area contributed by atoms with E-state index in [4.69, 9.17) is 10.7 Å². The quantitative estimate of drug-likeness (QED) is 0.495. The fraction of sp³-hybridized carbons (Fsp3) is 0.318. The molecule has 0 unspecified atom stereocenters. The summed E-state index contributed by atoms with van der Waals surface area (Å²) in [7, 11) is -3.54. The fourth-order valence-electron chi connectivity index (χ4n) is 3.44. The van der Waals surface area contributed by atoms with Gasteiger partial charge in [-0.1, -0.05) is 35.4 Å². The lowest BCUT2D eigenvalue weighted by Gasteiger charge is -2.22. The average molecular weight is 458 g/mol. The molecule has 9 nitrogen and oxygen atoms in total. The molecule has 10 heteroatoms. The van der Waals surface area contributed by atoms with Crippen LogP contribution in [0, 0.1) is 0 Å². The maximum atomic E-state index is 12.0. The Kier molecular flexibility index (Phi) is 7.26. The summed E-state index contributed by atoms with van der Waals surface area (Å²) in [4.78, 5) is 6.83. The second-order valence-electron chi connectivity index (χ2n) is 7.26. The van der Waals surface area contributed by atoms with Crippen LogP contribution in [0.5, 0.6) is 0 Å². The van der Waals surface area contributed by atoms with Gasteiger partial charge in [-0.3, -0.25) is 10.5 Å². The first kappa shape index (κ1) is 23.4. The van der Waals surface area contributed by atoms with Crippen LogP contribution in [-0.4, -0.2) is 68.0 Å². The smallest absolute Gasteiger partial charge is 0.321 e. The molecule has 1 heterocycles. The minimum Gasteiger partial charge on any atom is -0.392 e. The third kappa shape index (κ3) is 5.32. The summed E-state index contributed by atoms with van der Waals surface area (Å²) in [6.45, 7) is 5.73. The van der Waals surface area contributed by atoms with Gasteiger partial charge in [-0.05, 0) is 32.0 Å². The number of β-amino-alcohol motifs (C(OH)–C–C–N with tert-alkyl or cyclic N) is 1. The number of nitrogens with one attached hydrogen (secondary N) is 1. The highest BCUT2D eigenvalue weighted by molar-refractivity contribution is 7.92. The Morgan fingerprint density at radius 3 is 2.44 bits per heavy atom. The van der Waals surface area contributed by atoms with Gasteiger partial charge in [-0.25, -0.2) is 13.4 Å². The number of nitrogens with zero attached hydrogens (tertiary/aromatic N) is 4. The van der Waals surface area contributed by atoms with E-state index in [0.717, 1.165) is 30.6 Å². The molecule has 4 N–H and O–H groups in total. The second kappa shape index (κ2) is 9.92. The van der Waals surface area contributed by atoms with E-state index in [-0.39, 0.29) is 19.0 Å². The number of benzene rings is 2. The van der Waals surface area contributed by atoms with Crippen molar-refractivity contribution in [2.24, 2.45) is 15.8 Å². The van der Waals surface area contributed by atoms with E-state index < -0.39 is 10.0 Å². The monoisotopic (exact) mass is 457 g/mol. The van der Waals surface area contributed by atoms with Gasteiger partial charge in [0.15, 0.2) is 5.71 Å². The Hall–Kier alpha value is -3.24. The molecule has 2 aromatic carbocycles. The van der Waals surface area contributed by atoms with Gasteiger partial charge in [0.2, 0.25) is 10.0 Å². The molecule has 32 heavy (non-hydrogen) atoms. The highest BCUT2D eigenvalue weighted by atomic mass is 32.2. The van der Waals surface area contributed by atoms with Crippen LogP contribution in [-0.2, 0) is 10.0 Å². The number of anilines is 2. The molecule has 1 aliphatic rings. The molecule has 1 aliphatic heterocycles. The lowest BCUT2D eigenvalue weighted by atomic mass is 10.1. The Morgan fingerprint density at radius 1 is 1.16 bits per heavy atom. The van der Waals surface area contributed by atoms with Crippen molar-refractivity contribution in [2.45, 2.75) is 13.8 Å². The van der Waals surface area contributed by atoms with Crippen molar-refractivity contribution in [2.75, 3.05) is 42.1 Å². The van der Waals surface area contributed by atoms with Gasteiger partial charge in [0, 0.05) is 24.3 Å². The number of hydrogen-bond acceptors (Lipinski definition) is 7. The molecule has 0 fully saturated rings. The molecule has 0 aliphatic carbocycles. The van der Waals surface area contributed by atoms with Crippen LogP contribution >= 0.6 is 0 Å². The van der Waals surface area contributed by atoms with E-state index in [2.05, 4.69) is 14.7 Å². The maximum Gasteiger partial charge on any atom is 0.321 e. The van der Waals surface area contributed by atoms with Crippen LogP contribution in [0.3, 0.4) is 0 Å². The van der Waals surface area contributed by atoms with E-state index in [1.54, 1.807) is 12.1 Å². The lowest BCUT2D eigenvalue weighted by Crippen LogP contribution is -2.32. The van der Waals surface area contributed by atoms with Crippen molar-refractivity contribution in [1.82, 2.24) is 0 Å². The van der Waals surface area contributed by atoms with E-state index >= 15 is 0 Å². The number of aliphatic hydroxyl groups excluding tert-OH is 1. The molecule has 2 aromatic rings. The minimum atomic E-state index is -3.54. The van der Waals surface area contributed by atoms with Crippen LogP contribution in [0.4, 0.5) is 17.1 Å². The molecule has 0 radical (unpaired) electrons. The third-order valence-corrected chi connectivity index (χ3v) is 5.55. The van der Waals surface area contributed by atoms with Crippen molar-refractivity contribution in [3.05, 3.63) is 54.1 Å². The van der Waals surface area contributed by atoms with Gasteiger partial charge >= 0.3 is 5.84 Å². The standard InChI is InChI=1S/C22H28N6O3S/c1-4-27(5-2)17-11-12-18(19(15-17)26-32(3,30)31)24-21-20(16-9-7-6-8-10-16)25-28(13-14-29)22(21)23/h6-12,15,29H,4-5,13-14H2,1-3H3,(H2,23,25,26)/p+1. The van der Waals surface area contributed by atoms with Gasteiger partial charge in [0.1, 0.15) is 12.3 Å². The summed E-state index contributed by atoms with van der Waals surface area (Å²) in [5.41, 5.74) is 9.75. The molecule has 0 amide bonds. The maximum absolute atomic E-state index is 12.0. The highest BCUT2D eigenvalue weighted by Gasteiger charge is 2.31.